The van der Waals surface area contributed by atoms with Gasteiger partial charge in [-0.1, -0.05) is 109 Å². The van der Waals surface area contributed by atoms with E-state index in [2.05, 4.69) is 138 Å². The molecule has 9 aromatic rings. The monoisotopic (exact) mass is 551 g/mol. The Morgan fingerprint density at radius 1 is 0.372 bits per heavy atom. The van der Waals surface area contributed by atoms with E-state index in [9.17, 15) is 0 Å². The van der Waals surface area contributed by atoms with E-state index in [-0.39, 0.29) is 0 Å². The smallest absolute Gasteiger partial charge is 0.159 e. The lowest BCUT2D eigenvalue weighted by atomic mass is 10.0. The van der Waals surface area contributed by atoms with Gasteiger partial charge in [-0.2, -0.15) is 0 Å². The number of hydrogen-bond acceptors (Lipinski definition) is 3. The van der Waals surface area contributed by atoms with Crippen molar-refractivity contribution in [2.45, 2.75) is 0 Å². The van der Waals surface area contributed by atoms with Crippen LogP contribution >= 0.6 is 0 Å². The number of hydrogen-bond donors (Lipinski definition) is 0. The summed E-state index contributed by atoms with van der Waals surface area (Å²) in [5.41, 5.74) is 8.90. The largest absolute Gasteiger partial charge is 0.455 e. The van der Waals surface area contributed by atoms with Crippen LogP contribution in [0.2, 0.25) is 0 Å². The van der Waals surface area contributed by atoms with E-state index < -0.39 is 0 Å². The van der Waals surface area contributed by atoms with Gasteiger partial charge in [-0.25, -0.2) is 0 Å². The number of rotatable bonds is 4. The summed E-state index contributed by atoms with van der Waals surface area (Å²) in [5, 5.41) is 6.64. The van der Waals surface area contributed by atoms with E-state index in [1.165, 1.54) is 11.1 Å². The van der Waals surface area contributed by atoms with Gasteiger partial charge in [0.15, 0.2) is 5.58 Å². The fourth-order valence-corrected chi connectivity index (χ4v) is 6.47. The first-order valence-corrected chi connectivity index (χ1v) is 14.5. The van der Waals surface area contributed by atoms with Gasteiger partial charge in [0.05, 0.1) is 16.8 Å². The Kier molecular flexibility index (Phi) is 5.20. The Balaban J connectivity index is 1.34. The van der Waals surface area contributed by atoms with Gasteiger partial charge >= 0.3 is 0 Å². The summed E-state index contributed by atoms with van der Waals surface area (Å²) < 4.78 is 13.2. The van der Waals surface area contributed by atoms with Crippen molar-refractivity contribution < 1.29 is 8.83 Å². The van der Waals surface area contributed by atoms with Crippen molar-refractivity contribution in [3.8, 4) is 11.1 Å². The predicted octanol–water partition coefficient (Wildman–Crippen LogP) is 11.8. The van der Waals surface area contributed by atoms with Crippen LogP contribution in [-0.4, -0.2) is 0 Å². The maximum atomic E-state index is 6.59. The second-order valence-corrected chi connectivity index (χ2v) is 10.9. The zero-order chi connectivity index (χ0) is 28.3. The third kappa shape index (κ3) is 3.68. The average molecular weight is 552 g/mol. The second-order valence-electron chi connectivity index (χ2n) is 10.9. The first kappa shape index (κ1) is 23.9. The Morgan fingerprint density at radius 3 is 1.91 bits per heavy atom. The van der Waals surface area contributed by atoms with Crippen molar-refractivity contribution in [2.24, 2.45) is 0 Å². The van der Waals surface area contributed by atoms with E-state index in [0.29, 0.717) is 0 Å². The Bertz CT molecular complexity index is 2450. The van der Waals surface area contributed by atoms with E-state index in [0.717, 1.165) is 71.7 Å². The van der Waals surface area contributed by atoms with Crippen molar-refractivity contribution in [3.63, 3.8) is 0 Å². The molecule has 3 heteroatoms. The van der Waals surface area contributed by atoms with Gasteiger partial charge in [0.1, 0.15) is 16.7 Å². The minimum absolute atomic E-state index is 0.853. The number of fused-ring (bicyclic) bond motifs is 8. The third-order valence-electron chi connectivity index (χ3n) is 8.46. The highest BCUT2D eigenvalue weighted by Gasteiger charge is 2.23. The van der Waals surface area contributed by atoms with E-state index in [1.54, 1.807) is 0 Å². The normalized spacial score (nSPS) is 11.7. The SMILES string of the molecule is c1ccc(-c2ccc(N(c3cccc4c3oc3ccccc34)c3cccc4oc5c6ccccc6ccc5c34)cc2)cc1. The van der Waals surface area contributed by atoms with Crippen LogP contribution in [0.15, 0.2) is 160 Å². The lowest BCUT2D eigenvalue weighted by molar-refractivity contribution is 0.669. The highest BCUT2D eigenvalue weighted by atomic mass is 16.3. The van der Waals surface area contributed by atoms with Gasteiger partial charge in [0.25, 0.3) is 0 Å². The molecule has 43 heavy (non-hydrogen) atoms. The third-order valence-corrected chi connectivity index (χ3v) is 8.46. The fourth-order valence-electron chi connectivity index (χ4n) is 6.47. The molecule has 0 saturated carbocycles. The molecular formula is C40H25NO2. The van der Waals surface area contributed by atoms with Crippen molar-refractivity contribution in [1.29, 1.82) is 0 Å². The number of furan rings is 2. The molecule has 0 saturated heterocycles. The van der Waals surface area contributed by atoms with E-state index in [1.807, 2.05) is 18.2 Å². The van der Waals surface area contributed by atoms with Crippen LogP contribution in [-0.2, 0) is 0 Å². The van der Waals surface area contributed by atoms with Gasteiger partial charge < -0.3 is 13.7 Å². The Morgan fingerprint density at radius 2 is 1.02 bits per heavy atom. The fraction of sp³-hybridized carbons (Fsp3) is 0. The van der Waals surface area contributed by atoms with Crippen LogP contribution in [0.4, 0.5) is 17.1 Å². The minimum Gasteiger partial charge on any atom is -0.455 e. The van der Waals surface area contributed by atoms with Gasteiger partial charge in [-0.3, -0.25) is 0 Å². The number of nitrogens with zero attached hydrogens (tertiary/aromatic N) is 1. The van der Waals surface area contributed by atoms with Crippen LogP contribution in [0.1, 0.15) is 0 Å². The molecule has 0 aliphatic heterocycles. The van der Waals surface area contributed by atoms with Crippen LogP contribution in [0.25, 0.3) is 65.8 Å². The topological polar surface area (TPSA) is 29.5 Å². The average Bonchev–Trinajstić information content (AvgIpc) is 3.65. The van der Waals surface area contributed by atoms with Crippen LogP contribution in [0.5, 0.6) is 0 Å². The van der Waals surface area contributed by atoms with Crippen LogP contribution in [0, 0.1) is 0 Å². The minimum atomic E-state index is 0.853. The molecule has 9 rings (SSSR count). The van der Waals surface area contributed by atoms with Gasteiger partial charge in [-0.05, 0) is 59.0 Å². The Labute approximate surface area is 247 Å². The number of benzene rings is 7. The molecule has 0 aliphatic carbocycles. The molecule has 0 N–H and O–H groups in total. The molecule has 0 aliphatic rings. The Hall–Kier alpha value is -5.80. The molecule has 2 aromatic heterocycles. The van der Waals surface area contributed by atoms with E-state index in [4.69, 9.17) is 8.83 Å². The lowest BCUT2D eigenvalue weighted by Crippen LogP contribution is -2.10. The molecule has 0 amide bonds. The molecule has 7 aromatic carbocycles. The zero-order valence-corrected chi connectivity index (χ0v) is 23.2. The second kappa shape index (κ2) is 9.37. The zero-order valence-electron chi connectivity index (χ0n) is 23.2. The molecular weight excluding hydrogens is 526 g/mol. The van der Waals surface area contributed by atoms with Gasteiger partial charge in [0.2, 0.25) is 0 Å². The van der Waals surface area contributed by atoms with Crippen LogP contribution < -0.4 is 4.90 Å². The summed E-state index contributed by atoms with van der Waals surface area (Å²) in [6.07, 6.45) is 0. The molecule has 0 radical (unpaired) electrons. The highest BCUT2D eigenvalue weighted by Crippen LogP contribution is 2.47. The lowest BCUT2D eigenvalue weighted by Gasteiger charge is -2.26. The summed E-state index contributed by atoms with van der Waals surface area (Å²) in [7, 11) is 0. The number of para-hydroxylation sites is 2. The van der Waals surface area contributed by atoms with Crippen molar-refractivity contribution in [2.75, 3.05) is 4.90 Å². The summed E-state index contributed by atoms with van der Waals surface area (Å²) in [5.74, 6) is 0. The van der Waals surface area contributed by atoms with E-state index >= 15 is 0 Å². The predicted molar refractivity (Wildman–Crippen MR) is 179 cm³/mol. The molecule has 0 spiro atoms. The van der Waals surface area contributed by atoms with Gasteiger partial charge in [-0.15, -0.1) is 0 Å². The quantitative estimate of drug-likeness (QED) is 0.218. The summed E-state index contributed by atoms with van der Waals surface area (Å²) >= 11 is 0. The molecule has 0 atom stereocenters. The maximum absolute atomic E-state index is 6.59. The van der Waals surface area contributed by atoms with Crippen molar-refractivity contribution in [1.82, 2.24) is 0 Å². The first-order chi connectivity index (χ1) is 21.3. The van der Waals surface area contributed by atoms with Crippen LogP contribution in [0.3, 0.4) is 0 Å². The summed E-state index contributed by atoms with van der Waals surface area (Å²) in [6, 6.07) is 53.0. The molecule has 3 nitrogen and oxygen atoms in total. The molecule has 0 unspecified atom stereocenters. The maximum Gasteiger partial charge on any atom is 0.159 e. The first-order valence-electron chi connectivity index (χ1n) is 14.5. The molecule has 0 fully saturated rings. The molecule has 0 bridgehead atoms. The summed E-state index contributed by atoms with van der Waals surface area (Å²) in [4.78, 5) is 2.31. The van der Waals surface area contributed by atoms with Crippen molar-refractivity contribution in [3.05, 3.63) is 152 Å². The molecule has 2 heterocycles. The number of anilines is 3. The standard InChI is InChI=1S/C40H25NO2/c1-2-10-26(11-3-1)27-20-23-29(24-21-27)41(35-17-8-15-32-31-14-6-7-18-36(31)42-40(32)35)34-16-9-19-37-38(34)33-25-22-28-12-4-5-13-30(28)39(33)43-37/h1-25H. The van der Waals surface area contributed by atoms with Crippen molar-refractivity contribution >= 4 is 71.7 Å². The molecule has 202 valence electrons. The highest BCUT2D eigenvalue weighted by molar-refractivity contribution is 6.20. The summed E-state index contributed by atoms with van der Waals surface area (Å²) in [6.45, 7) is 0. The van der Waals surface area contributed by atoms with Gasteiger partial charge in [0, 0.05) is 27.2 Å².